The maximum absolute atomic E-state index is 15.9. The zero-order chi connectivity index (χ0) is 60.6. The lowest BCUT2D eigenvalue weighted by molar-refractivity contribution is -0.307. The number of fused-ring (bicyclic) bond motifs is 5. The van der Waals surface area contributed by atoms with Gasteiger partial charge in [0.05, 0.1) is 35.3 Å². The Morgan fingerprint density at radius 3 is 1.80 bits per heavy atom. The van der Waals surface area contributed by atoms with Gasteiger partial charge in [0.15, 0.2) is 24.3 Å². The second kappa shape index (κ2) is 30.5. The van der Waals surface area contributed by atoms with E-state index in [4.69, 9.17) is 33.2 Å². The summed E-state index contributed by atoms with van der Waals surface area (Å²) in [5.41, 5.74) is -4.53. The molecule has 7 rings (SSSR count). The zero-order valence-corrected chi connectivity index (χ0v) is 50.9. The molecule has 1 heterocycles. The van der Waals surface area contributed by atoms with Gasteiger partial charge in [0.1, 0.15) is 24.4 Å². The molecule has 13 atom stereocenters. The number of hydrogen-bond acceptors (Lipinski definition) is 15. The number of ketones is 1. The first kappa shape index (κ1) is 65.8. The van der Waals surface area contributed by atoms with Gasteiger partial charge in [-0.15, -0.1) is 0 Å². The van der Waals surface area contributed by atoms with Gasteiger partial charge in [-0.2, -0.15) is 0 Å². The number of aliphatic hydroxyl groups excluding tert-OH is 1. The quantitative estimate of drug-likeness (QED) is 0.0179. The maximum Gasteiger partial charge on any atom is 0.338 e. The van der Waals surface area contributed by atoms with Crippen LogP contribution in [0.4, 0.5) is 0 Å². The molecule has 1 saturated heterocycles. The van der Waals surface area contributed by atoms with Crippen LogP contribution >= 0.6 is 0 Å². The average molecular weight is 1160 g/mol. The largest absolute Gasteiger partial charge is 0.463 e. The van der Waals surface area contributed by atoms with Crippen molar-refractivity contribution < 1.29 is 72.1 Å². The van der Waals surface area contributed by atoms with E-state index < -0.39 is 125 Å². The molecule has 84 heavy (non-hydrogen) atoms. The van der Waals surface area contributed by atoms with E-state index in [0.717, 1.165) is 32.6 Å². The third kappa shape index (κ3) is 15.6. The fraction of sp³-hybridized carbons (Fsp3) is 0.618. The Morgan fingerprint density at radius 1 is 0.714 bits per heavy atom. The van der Waals surface area contributed by atoms with Crippen LogP contribution in [0.1, 0.15) is 203 Å². The number of nitrogens with one attached hydrogen (secondary N) is 1. The van der Waals surface area contributed by atoms with Crippen molar-refractivity contribution in [2.45, 2.75) is 232 Å². The highest BCUT2D eigenvalue weighted by molar-refractivity contribution is 5.96. The molecular weight excluding hydrogens is 1070 g/mol. The number of esters is 4. The fourth-order valence-electron chi connectivity index (χ4n) is 13.6. The van der Waals surface area contributed by atoms with Crippen LogP contribution in [0.25, 0.3) is 0 Å². The van der Waals surface area contributed by atoms with Crippen LogP contribution in [-0.2, 0) is 52.3 Å². The SMILES string of the molecule is CCCCCCCCCCCCCCCCCCOC(C)O[C@@H](C(=O)O[C@H]1C[C@@]2(O)[C@@H](OC(=O)c3ccccc3)[C@@H]3[C@@H]4C(COC(C)=O)O[C@@H]4C[C@H](O)[C@@]3(C)C(=O)[C@H](OC(C)=O)C(=C1C)C2(C)C)[C@@H](NC(=O)c1ccccc1)c1ccccc1. The average Bonchev–Trinajstić information content (AvgIpc) is 0.705. The smallest absolute Gasteiger partial charge is 0.338 e. The summed E-state index contributed by atoms with van der Waals surface area (Å²) in [5.74, 6) is -6.56. The summed E-state index contributed by atoms with van der Waals surface area (Å²) in [6.07, 6.45) is 8.54. The summed E-state index contributed by atoms with van der Waals surface area (Å²) < 4.78 is 43.9. The van der Waals surface area contributed by atoms with E-state index >= 15 is 9.59 Å². The van der Waals surface area contributed by atoms with E-state index in [1.807, 2.05) is 0 Å². The number of rotatable bonds is 31. The van der Waals surface area contributed by atoms with Crippen molar-refractivity contribution in [2.24, 2.45) is 22.7 Å². The van der Waals surface area contributed by atoms with Crippen LogP contribution in [-0.4, -0.2) is 114 Å². The second-order valence-electron chi connectivity index (χ2n) is 24.5. The summed E-state index contributed by atoms with van der Waals surface area (Å²) in [7, 11) is 0. The van der Waals surface area contributed by atoms with Gasteiger partial charge >= 0.3 is 23.9 Å². The highest BCUT2D eigenvalue weighted by Gasteiger charge is 2.74. The molecular formula is C68H93NO15. The molecule has 0 aromatic heterocycles. The molecule has 3 fully saturated rings. The molecule has 3 N–H and O–H groups in total. The predicted octanol–water partition coefficient (Wildman–Crippen LogP) is 11.6. The van der Waals surface area contributed by atoms with E-state index in [0.29, 0.717) is 17.7 Å². The van der Waals surface area contributed by atoms with Gasteiger partial charge in [-0.05, 0) is 68.2 Å². The summed E-state index contributed by atoms with van der Waals surface area (Å²) in [5, 5.41) is 29.5. The van der Waals surface area contributed by atoms with Gasteiger partial charge in [-0.25, -0.2) is 9.59 Å². The van der Waals surface area contributed by atoms with Crippen molar-refractivity contribution in [2.75, 3.05) is 13.2 Å². The molecule has 2 unspecified atom stereocenters. The normalized spacial score (nSPS) is 27.0. The Balaban J connectivity index is 1.19. The van der Waals surface area contributed by atoms with Crippen molar-refractivity contribution in [3.63, 3.8) is 0 Å². The lowest BCUT2D eigenvalue weighted by Gasteiger charge is -2.65. The molecule has 460 valence electrons. The molecule has 1 aliphatic heterocycles. The van der Waals surface area contributed by atoms with Gasteiger partial charge in [0.2, 0.25) is 0 Å². The molecule has 2 bridgehead atoms. The number of carbonyl (C=O) groups is 6. The number of carbonyl (C=O) groups excluding carboxylic acids is 6. The van der Waals surface area contributed by atoms with Gasteiger partial charge in [0.25, 0.3) is 5.91 Å². The molecule has 16 nitrogen and oxygen atoms in total. The van der Waals surface area contributed by atoms with Crippen LogP contribution in [0.5, 0.6) is 0 Å². The van der Waals surface area contributed by atoms with E-state index in [2.05, 4.69) is 12.2 Å². The van der Waals surface area contributed by atoms with Crippen LogP contribution < -0.4 is 5.32 Å². The predicted molar refractivity (Wildman–Crippen MR) is 316 cm³/mol. The summed E-state index contributed by atoms with van der Waals surface area (Å²) in [6, 6.07) is 24.3. The number of hydrogen-bond donors (Lipinski definition) is 3. The third-order valence-electron chi connectivity index (χ3n) is 18.4. The number of benzene rings is 3. The minimum absolute atomic E-state index is 0.0569. The summed E-state index contributed by atoms with van der Waals surface area (Å²) in [6.45, 7) is 12.8. The Morgan fingerprint density at radius 2 is 1.25 bits per heavy atom. The molecule has 3 aromatic carbocycles. The van der Waals surface area contributed by atoms with E-state index in [9.17, 15) is 29.4 Å². The van der Waals surface area contributed by atoms with Crippen LogP contribution in [0.15, 0.2) is 102 Å². The number of unbranched alkanes of at least 4 members (excludes halogenated alkanes) is 15. The van der Waals surface area contributed by atoms with Crippen molar-refractivity contribution in [1.29, 1.82) is 0 Å². The van der Waals surface area contributed by atoms with Crippen molar-refractivity contribution in [3.8, 4) is 0 Å². The van der Waals surface area contributed by atoms with Crippen LogP contribution in [0.3, 0.4) is 0 Å². The molecule has 2 saturated carbocycles. The van der Waals surface area contributed by atoms with Crippen molar-refractivity contribution in [1.82, 2.24) is 5.32 Å². The van der Waals surface area contributed by atoms with Crippen molar-refractivity contribution in [3.05, 3.63) is 119 Å². The first-order chi connectivity index (χ1) is 40.2. The molecule has 16 heteroatoms. The van der Waals surface area contributed by atoms with Gasteiger partial charge in [-0.1, -0.05) is 184 Å². The first-order valence-electron chi connectivity index (χ1n) is 31.0. The van der Waals surface area contributed by atoms with Crippen molar-refractivity contribution >= 4 is 35.6 Å². The number of Topliss-reactive ketones (excluding diaryl/α,β-unsaturated/α-hetero) is 1. The Hall–Kier alpha value is -5.78. The van der Waals surface area contributed by atoms with E-state index in [-0.39, 0.29) is 29.7 Å². The van der Waals surface area contributed by atoms with E-state index in [1.54, 1.807) is 119 Å². The van der Waals surface area contributed by atoms with Crippen LogP contribution in [0.2, 0.25) is 0 Å². The van der Waals surface area contributed by atoms with Crippen LogP contribution in [0, 0.1) is 22.7 Å². The minimum atomic E-state index is -2.30. The third-order valence-corrected chi connectivity index (χ3v) is 18.4. The molecule has 0 spiro atoms. The Labute approximate surface area is 497 Å². The molecule has 4 aliphatic rings. The number of amides is 1. The number of aliphatic hydroxyl groups is 2. The minimum Gasteiger partial charge on any atom is -0.463 e. The maximum atomic E-state index is 15.9. The fourth-order valence-corrected chi connectivity index (χ4v) is 13.6. The van der Waals surface area contributed by atoms with E-state index in [1.165, 1.54) is 90.9 Å². The lowest BCUT2D eigenvalue weighted by Crippen LogP contribution is -2.76. The summed E-state index contributed by atoms with van der Waals surface area (Å²) >= 11 is 0. The number of ether oxygens (including phenoxy) is 7. The van der Waals surface area contributed by atoms with Gasteiger partial charge < -0.3 is 48.7 Å². The highest BCUT2D eigenvalue weighted by Crippen LogP contribution is 2.63. The lowest BCUT2D eigenvalue weighted by atomic mass is 9.45. The van der Waals surface area contributed by atoms with Gasteiger partial charge in [0, 0.05) is 56.1 Å². The molecule has 3 aliphatic carbocycles. The van der Waals surface area contributed by atoms with Gasteiger partial charge in [-0.3, -0.25) is 19.2 Å². The summed E-state index contributed by atoms with van der Waals surface area (Å²) in [4.78, 5) is 85.8. The highest BCUT2D eigenvalue weighted by atomic mass is 16.7. The second-order valence-corrected chi connectivity index (χ2v) is 24.5. The Bertz CT molecular complexity index is 2680. The molecule has 3 aromatic rings. The topological polar surface area (TPSA) is 220 Å². The monoisotopic (exact) mass is 1160 g/mol. The standard InChI is InChI=1S/C68H93NO15/c1-9-10-11-12-13-14-15-16-17-18-19-20-21-22-23-33-40-78-47(5)81-60(58(48-34-27-24-28-35-48)69-63(74)49-36-29-25-30-37-49)65(76)83-52-42-68(77)62(84-64(75)50-38-31-26-32-39-50)57-55-51(82-53(55)43-79-45(3)70)41-54(72)67(57,8)61(73)59(80-46(4)71)56(44(52)2)66(68,6)7/h24-32,34-39,47,51-55,57-60,62,72,77H,9-23,33,40-43H2,1-8H3,(H,69,74)/t47?,51-,52+,53?,54+,55+,57+,58+,59-,60-,62+,67-,68-/m1/s1. The first-order valence-corrected chi connectivity index (χ1v) is 31.0. The molecule has 1 amide bonds. The Kier molecular flexibility index (Phi) is 23.9. The zero-order valence-electron chi connectivity index (χ0n) is 50.9. The molecule has 0 radical (unpaired) electrons.